The Bertz CT molecular complexity index is 271. The summed E-state index contributed by atoms with van der Waals surface area (Å²) in [5, 5.41) is 8.98. The molecule has 0 bridgehead atoms. The zero-order chi connectivity index (χ0) is 13.4. The largest absolute Gasteiger partial charge is 0.355 e. The van der Waals surface area contributed by atoms with Crippen LogP contribution in [0, 0.1) is 0 Å². The molecule has 0 aromatic carbocycles. The van der Waals surface area contributed by atoms with Crippen LogP contribution in [0.1, 0.15) is 46.0 Å². The van der Waals surface area contributed by atoms with Gasteiger partial charge in [0.15, 0.2) is 0 Å². The molecule has 2 atom stereocenters. The van der Waals surface area contributed by atoms with Gasteiger partial charge in [0.25, 0.3) is 0 Å². The van der Waals surface area contributed by atoms with Crippen molar-refractivity contribution in [2.24, 2.45) is 0 Å². The van der Waals surface area contributed by atoms with Gasteiger partial charge in [-0.05, 0) is 19.8 Å². The predicted molar refractivity (Wildman–Crippen MR) is 71.2 cm³/mol. The van der Waals surface area contributed by atoms with Gasteiger partial charge in [-0.15, -0.1) is 0 Å². The van der Waals surface area contributed by atoms with E-state index in [-0.39, 0.29) is 23.9 Å². The van der Waals surface area contributed by atoms with Crippen LogP contribution in [-0.4, -0.2) is 37.0 Å². The summed E-state index contributed by atoms with van der Waals surface area (Å²) in [6.45, 7) is 5.38. The fourth-order valence-electron chi connectivity index (χ4n) is 2.04. The van der Waals surface area contributed by atoms with Crippen molar-refractivity contribution >= 4 is 11.8 Å². The molecule has 104 valence electrons. The fourth-order valence-corrected chi connectivity index (χ4v) is 2.04. The van der Waals surface area contributed by atoms with Crippen LogP contribution in [0.4, 0.5) is 0 Å². The van der Waals surface area contributed by atoms with Gasteiger partial charge in [-0.25, -0.2) is 0 Å². The van der Waals surface area contributed by atoms with Crippen molar-refractivity contribution < 1.29 is 9.59 Å². The smallest absolute Gasteiger partial charge is 0.236 e. The van der Waals surface area contributed by atoms with Gasteiger partial charge in [0, 0.05) is 25.6 Å². The molecule has 0 spiro atoms. The van der Waals surface area contributed by atoms with Gasteiger partial charge < -0.3 is 16.0 Å². The summed E-state index contributed by atoms with van der Waals surface area (Å²) in [7, 11) is 0. The van der Waals surface area contributed by atoms with Crippen LogP contribution in [0.2, 0.25) is 0 Å². The van der Waals surface area contributed by atoms with Crippen molar-refractivity contribution in [3.8, 4) is 0 Å². The first kappa shape index (κ1) is 15.0. The average Bonchev–Trinajstić information content (AvgIpc) is 2.37. The summed E-state index contributed by atoms with van der Waals surface area (Å²) < 4.78 is 0. The summed E-state index contributed by atoms with van der Waals surface area (Å²) >= 11 is 0. The minimum atomic E-state index is -0.202. The van der Waals surface area contributed by atoms with Crippen molar-refractivity contribution in [2.75, 3.05) is 13.1 Å². The van der Waals surface area contributed by atoms with E-state index >= 15 is 0 Å². The van der Waals surface area contributed by atoms with Crippen LogP contribution in [0.5, 0.6) is 0 Å². The minimum absolute atomic E-state index is 0.0444. The molecular weight excluding hydrogens is 230 g/mol. The lowest BCUT2D eigenvalue weighted by molar-refractivity contribution is -0.123. The van der Waals surface area contributed by atoms with Gasteiger partial charge in [-0.1, -0.05) is 19.8 Å². The highest BCUT2D eigenvalue weighted by Gasteiger charge is 2.21. The Balaban J connectivity index is 2.16. The summed E-state index contributed by atoms with van der Waals surface area (Å²) in [6, 6.07) is 0.00530. The fraction of sp³-hybridized carbons (Fsp3) is 0.846. The number of piperidine rings is 1. The lowest BCUT2D eigenvalue weighted by Gasteiger charge is -2.26. The number of hydrogen-bond donors (Lipinski definition) is 3. The number of carbonyl (C=O) groups is 2. The van der Waals surface area contributed by atoms with Crippen LogP contribution in [-0.2, 0) is 9.59 Å². The van der Waals surface area contributed by atoms with E-state index in [1.807, 2.05) is 6.92 Å². The van der Waals surface area contributed by atoms with Gasteiger partial charge in [0.2, 0.25) is 11.8 Å². The van der Waals surface area contributed by atoms with Gasteiger partial charge in [0.1, 0.15) is 0 Å². The Hall–Kier alpha value is -1.10. The van der Waals surface area contributed by atoms with Crippen molar-refractivity contribution in [1.29, 1.82) is 0 Å². The van der Waals surface area contributed by atoms with Gasteiger partial charge in [-0.3, -0.25) is 9.59 Å². The third kappa shape index (κ3) is 5.49. The van der Waals surface area contributed by atoms with E-state index in [4.69, 9.17) is 0 Å². The summed E-state index contributed by atoms with van der Waals surface area (Å²) in [5.41, 5.74) is 0. The number of hydrogen-bond acceptors (Lipinski definition) is 3. The number of carbonyl (C=O) groups excluding carboxylic acids is 2. The summed E-state index contributed by atoms with van der Waals surface area (Å²) in [4.78, 5) is 22.8. The highest BCUT2D eigenvalue weighted by Crippen LogP contribution is 2.03. The Kier molecular flexibility index (Phi) is 6.72. The second kappa shape index (κ2) is 8.08. The van der Waals surface area contributed by atoms with Crippen molar-refractivity contribution in [3.63, 3.8) is 0 Å². The Morgan fingerprint density at radius 2 is 2.28 bits per heavy atom. The predicted octanol–water partition coefficient (Wildman–Crippen LogP) is 0.550. The first-order valence-corrected chi connectivity index (χ1v) is 6.94. The monoisotopic (exact) mass is 255 g/mol. The first-order valence-electron chi connectivity index (χ1n) is 6.94. The SMILES string of the molecule is CCCCCNC(=O)C(C)NC1CCC(=O)NC1. The molecule has 1 saturated heterocycles. The molecule has 0 radical (unpaired) electrons. The second-order valence-electron chi connectivity index (χ2n) is 4.93. The number of rotatable bonds is 7. The van der Waals surface area contributed by atoms with Gasteiger partial charge in [-0.2, -0.15) is 0 Å². The number of nitrogens with one attached hydrogen (secondary N) is 3. The number of amides is 2. The molecule has 1 aliphatic rings. The maximum atomic E-state index is 11.8. The Labute approximate surface area is 109 Å². The van der Waals surface area contributed by atoms with E-state index in [0.29, 0.717) is 13.0 Å². The molecule has 0 aromatic rings. The molecule has 1 aliphatic heterocycles. The van der Waals surface area contributed by atoms with E-state index in [9.17, 15) is 9.59 Å². The normalized spacial score (nSPS) is 21.2. The molecule has 0 aromatic heterocycles. The lowest BCUT2D eigenvalue weighted by Crippen LogP contribution is -2.52. The molecule has 5 heteroatoms. The Morgan fingerprint density at radius 3 is 2.89 bits per heavy atom. The quantitative estimate of drug-likeness (QED) is 0.582. The molecule has 18 heavy (non-hydrogen) atoms. The third-order valence-electron chi connectivity index (χ3n) is 3.22. The maximum absolute atomic E-state index is 11.8. The van der Waals surface area contributed by atoms with Crippen LogP contribution in [0.25, 0.3) is 0 Å². The average molecular weight is 255 g/mol. The lowest BCUT2D eigenvalue weighted by atomic mass is 10.1. The van der Waals surface area contributed by atoms with Crippen LogP contribution < -0.4 is 16.0 Å². The molecule has 1 fully saturated rings. The first-order chi connectivity index (χ1) is 8.63. The molecule has 2 amide bonds. The van der Waals surface area contributed by atoms with E-state index in [0.717, 1.165) is 32.2 Å². The molecule has 0 saturated carbocycles. The van der Waals surface area contributed by atoms with Crippen LogP contribution >= 0.6 is 0 Å². The molecule has 1 rings (SSSR count). The van der Waals surface area contributed by atoms with E-state index in [2.05, 4.69) is 22.9 Å². The summed E-state index contributed by atoms with van der Waals surface area (Å²) in [6.07, 6.45) is 4.69. The van der Waals surface area contributed by atoms with Crippen molar-refractivity contribution in [3.05, 3.63) is 0 Å². The maximum Gasteiger partial charge on any atom is 0.236 e. The zero-order valence-corrected chi connectivity index (χ0v) is 11.4. The molecule has 5 nitrogen and oxygen atoms in total. The van der Waals surface area contributed by atoms with Gasteiger partial charge >= 0.3 is 0 Å². The van der Waals surface area contributed by atoms with E-state index < -0.39 is 0 Å². The third-order valence-corrected chi connectivity index (χ3v) is 3.22. The van der Waals surface area contributed by atoms with Crippen molar-refractivity contribution in [1.82, 2.24) is 16.0 Å². The molecule has 1 heterocycles. The van der Waals surface area contributed by atoms with Crippen LogP contribution in [0.3, 0.4) is 0 Å². The van der Waals surface area contributed by atoms with E-state index in [1.165, 1.54) is 0 Å². The molecular formula is C13H25N3O2. The molecule has 3 N–H and O–H groups in total. The van der Waals surface area contributed by atoms with Gasteiger partial charge in [0.05, 0.1) is 6.04 Å². The molecule has 2 unspecified atom stereocenters. The highest BCUT2D eigenvalue weighted by molar-refractivity contribution is 5.81. The molecule has 0 aliphatic carbocycles. The second-order valence-corrected chi connectivity index (χ2v) is 4.93. The topological polar surface area (TPSA) is 70.2 Å². The minimum Gasteiger partial charge on any atom is -0.355 e. The standard InChI is InChI=1S/C13H25N3O2/c1-3-4-5-8-14-13(18)10(2)16-11-6-7-12(17)15-9-11/h10-11,16H,3-9H2,1-2H3,(H,14,18)(H,15,17). The number of unbranched alkanes of at least 4 members (excludes halogenated alkanes) is 2. The zero-order valence-electron chi connectivity index (χ0n) is 11.4. The highest BCUT2D eigenvalue weighted by atomic mass is 16.2. The van der Waals surface area contributed by atoms with E-state index in [1.54, 1.807) is 0 Å². The van der Waals surface area contributed by atoms with Crippen molar-refractivity contribution in [2.45, 2.75) is 58.0 Å². The van der Waals surface area contributed by atoms with Crippen LogP contribution in [0.15, 0.2) is 0 Å². The summed E-state index contributed by atoms with van der Waals surface area (Å²) in [5.74, 6) is 0.146. The Morgan fingerprint density at radius 1 is 1.50 bits per heavy atom.